The van der Waals surface area contributed by atoms with Crippen LogP contribution >= 0.6 is 0 Å². The van der Waals surface area contributed by atoms with Crippen molar-refractivity contribution in [2.75, 3.05) is 0 Å². The van der Waals surface area contributed by atoms with E-state index in [-0.39, 0.29) is 5.56 Å². The highest BCUT2D eigenvalue weighted by Crippen LogP contribution is 2.28. The Morgan fingerprint density at radius 1 is 1.37 bits per heavy atom. The molecule has 7 heteroatoms. The van der Waals surface area contributed by atoms with Gasteiger partial charge in [0.25, 0.3) is 0 Å². The molecule has 1 rings (SSSR count). The Labute approximate surface area is 108 Å². The smallest absolute Gasteiger partial charge is 0.403 e. The number of hydrogen-bond acceptors (Lipinski definition) is 3. The van der Waals surface area contributed by atoms with E-state index < -0.39 is 30.1 Å². The number of nitrogens with two attached hydrogens (primary N) is 1. The SMILES string of the molecule is CCC[C@H](O)[C@H](N)c1ccc(OC(F)(F)F)c(F)c1. The molecule has 2 atom stereocenters. The molecule has 0 fully saturated rings. The molecule has 0 radical (unpaired) electrons. The zero-order chi connectivity index (χ0) is 14.6. The van der Waals surface area contributed by atoms with Gasteiger partial charge in [0.1, 0.15) is 0 Å². The van der Waals surface area contributed by atoms with Gasteiger partial charge >= 0.3 is 6.36 Å². The number of rotatable bonds is 5. The maximum Gasteiger partial charge on any atom is 0.573 e. The molecule has 3 N–H and O–H groups in total. The van der Waals surface area contributed by atoms with Crippen LogP contribution in [-0.4, -0.2) is 17.6 Å². The fourth-order valence-corrected chi connectivity index (χ4v) is 1.63. The Morgan fingerprint density at radius 2 is 2.00 bits per heavy atom. The predicted octanol–water partition coefficient (Wildman–Crippen LogP) is 2.89. The maximum atomic E-state index is 13.4. The number of hydrogen-bond donors (Lipinski definition) is 2. The molecule has 108 valence electrons. The highest BCUT2D eigenvalue weighted by molar-refractivity contribution is 5.31. The molecule has 0 heterocycles. The van der Waals surface area contributed by atoms with Gasteiger partial charge in [-0.05, 0) is 24.1 Å². The minimum atomic E-state index is -4.95. The molecule has 0 amide bonds. The summed E-state index contributed by atoms with van der Waals surface area (Å²) in [4.78, 5) is 0. The zero-order valence-electron chi connectivity index (χ0n) is 10.2. The van der Waals surface area contributed by atoms with Gasteiger partial charge in [-0.3, -0.25) is 0 Å². The van der Waals surface area contributed by atoms with Crippen LogP contribution in [0.2, 0.25) is 0 Å². The second-order valence-corrected chi connectivity index (χ2v) is 4.12. The molecule has 0 aliphatic heterocycles. The third-order valence-corrected chi connectivity index (χ3v) is 2.57. The Morgan fingerprint density at radius 3 is 2.47 bits per heavy atom. The standard InChI is InChI=1S/C12H15F4NO2/c1-2-3-9(18)11(17)7-4-5-10(8(13)6-7)19-12(14,15)16/h4-6,9,11,18H,2-3,17H2,1H3/t9-,11+/m0/s1. The molecule has 1 aromatic carbocycles. The number of alkyl halides is 3. The first-order valence-corrected chi connectivity index (χ1v) is 5.73. The summed E-state index contributed by atoms with van der Waals surface area (Å²) in [6, 6.07) is 2.03. The molecule has 19 heavy (non-hydrogen) atoms. The van der Waals surface area contributed by atoms with Crippen LogP contribution < -0.4 is 10.5 Å². The van der Waals surface area contributed by atoms with Gasteiger partial charge in [-0.15, -0.1) is 13.2 Å². The van der Waals surface area contributed by atoms with Crippen LogP contribution in [0.3, 0.4) is 0 Å². The summed E-state index contributed by atoms with van der Waals surface area (Å²) in [5, 5.41) is 9.66. The molecule has 0 aliphatic carbocycles. The second kappa shape index (κ2) is 6.21. The van der Waals surface area contributed by atoms with Gasteiger partial charge < -0.3 is 15.6 Å². The number of aliphatic hydroxyl groups excluding tert-OH is 1. The molecular weight excluding hydrogens is 266 g/mol. The Balaban J connectivity index is 2.87. The van der Waals surface area contributed by atoms with Crippen LogP contribution in [0.5, 0.6) is 5.75 Å². The number of benzene rings is 1. The number of ether oxygens (including phenoxy) is 1. The van der Waals surface area contributed by atoms with Crippen LogP contribution in [-0.2, 0) is 0 Å². The van der Waals surface area contributed by atoms with Crippen molar-refractivity contribution < 1.29 is 27.4 Å². The Hall–Kier alpha value is -1.34. The summed E-state index contributed by atoms with van der Waals surface area (Å²) < 4.78 is 52.8. The lowest BCUT2D eigenvalue weighted by atomic mass is 9.99. The Bertz CT molecular complexity index is 423. The van der Waals surface area contributed by atoms with Gasteiger partial charge in [0.05, 0.1) is 12.1 Å². The monoisotopic (exact) mass is 281 g/mol. The first kappa shape index (κ1) is 15.7. The molecule has 0 saturated carbocycles. The fraction of sp³-hybridized carbons (Fsp3) is 0.500. The van der Waals surface area contributed by atoms with E-state index in [1.165, 1.54) is 6.07 Å². The van der Waals surface area contributed by atoms with E-state index in [1.54, 1.807) is 0 Å². The minimum Gasteiger partial charge on any atom is -0.403 e. The average Bonchev–Trinajstić information content (AvgIpc) is 2.29. The summed E-state index contributed by atoms with van der Waals surface area (Å²) in [6.07, 6.45) is -4.72. The van der Waals surface area contributed by atoms with Crippen LogP contribution in [0.25, 0.3) is 0 Å². The lowest BCUT2D eigenvalue weighted by Crippen LogP contribution is -2.26. The van der Waals surface area contributed by atoms with Gasteiger partial charge in [0.15, 0.2) is 11.6 Å². The Kier molecular flexibility index (Phi) is 5.13. The van der Waals surface area contributed by atoms with Crippen molar-refractivity contribution in [1.29, 1.82) is 0 Å². The van der Waals surface area contributed by atoms with E-state index in [0.717, 1.165) is 12.1 Å². The average molecular weight is 281 g/mol. The van der Waals surface area contributed by atoms with E-state index in [2.05, 4.69) is 4.74 Å². The summed E-state index contributed by atoms with van der Waals surface area (Å²) in [6.45, 7) is 1.84. The highest BCUT2D eigenvalue weighted by Gasteiger charge is 2.32. The molecule has 0 aliphatic rings. The van der Waals surface area contributed by atoms with E-state index in [0.29, 0.717) is 12.8 Å². The summed E-state index contributed by atoms with van der Waals surface area (Å²) in [7, 11) is 0. The summed E-state index contributed by atoms with van der Waals surface area (Å²) >= 11 is 0. The minimum absolute atomic E-state index is 0.216. The molecule has 0 saturated heterocycles. The van der Waals surface area contributed by atoms with Gasteiger partial charge in [0, 0.05) is 0 Å². The molecule has 0 aromatic heterocycles. The fourth-order valence-electron chi connectivity index (χ4n) is 1.63. The molecule has 1 aromatic rings. The highest BCUT2D eigenvalue weighted by atomic mass is 19.4. The largest absolute Gasteiger partial charge is 0.573 e. The molecule has 0 unspecified atom stereocenters. The van der Waals surface area contributed by atoms with E-state index in [4.69, 9.17) is 5.73 Å². The predicted molar refractivity (Wildman–Crippen MR) is 60.9 cm³/mol. The van der Waals surface area contributed by atoms with Gasteiger partial charge in [-0.1, -0.05) is 19.4 Å². The summed E-state index contributed by atoms with van der Waals surface area (Å²) in [5.41, 5.74) is 5.91. The number of halogens is 4. The van der Waals surface area contributed by atoms with Gasteiger partial charge in [0.2, 0.25) is 0 Å². The van der Waals surface area contributed by atoms with Crippen molar-refractivity contribution in [3.63, 3.8) is 0 Å². The molecule has 3 nitrogen and oxygen atoms in total. The van der Waals surface area contributed by atoms with Crippen LogP contribution in [0.1, 0.15) is 31.4 Å². The van der Waals surface area contributed by atoms with Crippen molar-refractivity contribution in [2.45, 2.75) is 38.3 Å². The quantitative estimate of drug-likeness (QED) is 0.816. The van der Waals surface area contributed by atoms with Crippen molar-refractivity contribution in [3.05, 3.63) is 29.6 Å². The second-order valence-electron chi connectivity index (χ2n) is 4.12. The van der Waals surface area contributed by atoms with Crippen molar-refractivity contribution in [2.24, 2.45) is 5.73 Å². The van der Waals surface area contributed by atoms with E-state index >= 15 is 0 Å². The van der Waals surface area contributed by atoms with E-state index in [9.17, 15) is 22.7 Å². The van der Waals surface area contributed by atoms with E-state index in [1.807, 2.05) is 6.92 Å². The topological polar surface area (TPSA) is 55.5 Å². The maximum absolute atomic E-state index is 13.4. The first-order chi connectivity index (χ1) is 8.74. The van der Waals surface area contributed by atoms with Crippen LogP contribution in [0, 0.1) is 5.82 Å². The van der Waals surface area contributed by atoms with Gasteiger partial charge in [-0.25, -0.2) is 4.39 Å². The van der Waals surface area contributed by atoms with Gasteiger partial charge in [-0.2, -0.15) is 0 Å². The first-order valence-electron chi connectivity index (χ1n) is 5.73. The lowest BCUT2D eigenvalue weighted by Gasteiger charge is -2.19. The van der Waals surface area contributed by atoms with Crippen molar-refractivity contribution in [1.82, 2.24) is 0 Å². The zero-order valence-corrected chi connectivity index (χ0v) is 10.2. The van der Waals surface area contributed by atoms with Crippen molar-refractivity contribution in [3.8, 4) is 5.75 Å². The molecule has 0 spiro atoms. The molecular formula is C12H15F4NO2. The third kappa shape index (κ3) is 4.68. The van der Waals surface area contributed by atoms with Crippen LogP contribution in [0.4, 0.5) is 17.6 Å². The summed E-state index contributed by atoms with van der Waals surface area (Å²) in [5.74, 6) is -2.09. The molecule has 0 bridgehead atoms. The van der Waals surface area contributed by atoms with Crippen LogP contribution in [0.15, 0.2) is 18.2 Å². The normalized spacial score (nSPS) is 15.1. The van der Waals surface area contributed by atoms with Crippen molar-refractivity contribution >= 4 is 0 Å². The number of aliphatic hydroxyl groups is 1. The third-order valence-electron chi connectivity index (χ3n) is 2.57. The lowest BCUT2D eigenvalue weighted by molar-refractivity contribution is -0.275.